The number of hydrogen-bond acceptors (Lipinski definition) is 2. The Morgan fingerprint density at radius 1 is 1.58 bits per heavy atom. The molecule has 1 aliphatic carbocycles. The normalized spacial score (nSPS) is 17.8. The van der Waals surface area contributed by atoms with E-state index in [9.17, 15) is 4.79 Å². The molecule has 1 aliphatic rings. The molecule has 0 spiro atoms. The first-order chi connectivity index (χ1) is 5.52. The first kappa shape index (κ1) is 9.90. The second-order valence-electron chi connectivity index (χ2n) is 3.90. The fourth-order valence-corrected chi connectivity index (χ4v) is 2.03. The Labute approximate surface area is 77.7 Å². The summed E-state index contributed by atoms with van der Waals surface area (Å²) < 4.78 is -0.602. The maximum absolute atomic E-state index is 10.7. The first-order valence-electron chi connectivity index (χ1n) is 4.40. The maximum Gasteiger partial charge on any atom is 0.319 e. The number of carboxylic acids is 1. The van der Waals surface area contributed by atoms with Crippen molar-refractivity contribution in [2.75, 3.05) is 5.75 Å². The molecule has 1 rings (SSSR count). The molecule has 0 aromatic rings. The van der Waals surface area contributed by atoms with Gasteiger partial charge in [0, 0.05) is 0 Å². The molecular weight excluding hydrogens is 172 g/mol. The molecule has 0 aromatic heterocycles. The van der Waals surface area contributed by atoms with E-state index >= 15 is 0 Å². The molecule has 0 radical (unpaired) electrons. The van der Waals surface area contributed by atoms with Crippen LogP contribution in [0.2, 0.25) is 0 Å². The molecule has 0 aliphatic heterocycles. The molecule has 1 saturated carbocycles. The smallest absolute Gasteiger partial charge is 0.319 e. The van der Waals surface area contributed by atoms with E-state index in [-0.39, 0.29) is 0 Å². The van der Waals surface area contributed by atoms with Gasteiger partial charge >= 0.3 is 5.97 Å². The van der Waals surface area contributed by atoms with E-state index < -0.39 is 10.7 Å². The van der Waals surface area contributed by atoms with Crippen molar-refractivity contribution < 1.29 is 9.90 Å². The highest BCUT2D eigenvalue weighted by molar-refractivity contribution is 8.01. The zero-order valence-corrected chi connectivity index (χ0v) is 8.49. The third-order valence-corrected chi connectivity index (χ3v) is 3.54. The molecule has 0 unspecified atom stereocenters. The van der Waals surface area contributed by atoms with E-state index in [1.54, 1.807) is 25.6 Å². The van der Waals surface area contributed by atoms with E-state index in [4.69, 9.17) is 5.11 Å². The van der Waals surface area contributed by atoms with Crippen molar-refractivity contribution >= 4 is 17.7 Å². The summed E-state index contributed by atoms with van der Waals surface area (Å²) in [6.07, 6.45) is 3.91. The van der Waals surface area contributed by atoms with Crippen LogP contribution in [0.25, 0.3) is 0 Å². The standard InChI is InChI=1S/C9H16O2S/c1-9(2,8(10)11)12-6-5-7-3-4-7/h7H,3-6H2,1-2H3,(H,10,11). The number of thioether (sulfide) groups is 1. The summed E-state index contributed by atoms with van der Waals surface area (Å²) in [4.78, 5) is 10.7. The fourth-order valence-electron chi connectivity index (χ4n) is 0.949. The van der Waals surface area contributed by atoms with Gasteiger partial charge in [0.25, 0.3) is 0 Å². The van der Waals surface area contributed by atoms with Gasteiger partial charge in [0.2, 0.25) is 0 Å². The summed E-state index contributed by atoms with van der Waals surface area (Å²) >= 11 is 1.56. The van der Waals surface area contributed by atoms with Crippen LogP contribution in [0.15, 0.2) is 0 Å². The highest BCUT2D eigenvalue weighted by atomic mass is 32.2. The monoisotopic (exact) mass is 188 g/mol. The number of carboxylic acid groups (broad SMARTS) is 1. The summed E-state index contributed by atoms with van der Waals surface area (Å²) in [6, 6.07) is 0. The fraction of sp³-hybridized carbons (Fsp3) is 0.889. The Bertz CT molecular complexity index is 173. The van der Waals surface area contributed by atoms with Crippen LogP contribution in [0.5, 0.6) is 0 Å². The number of carbonyl (C=O) groups is 1. The highest BCUT2D eigenvalue weighted by Crippen LogP contribution is 2.35. The minimum atomic E-state index is -0.705. The average Bonchev–Trinajstić information content (AvgIpc) is 2.70. The van der Waals surface area contributed by atoms with Gasteiger partial charge in [0.1, 0.15) is 4.75 Å². The van der Waals surface area contributed by atoms with Gasteiger partial charge in [-0.2, -0.15) is 0 Å². The summed E-state index contributed by atoms with van der Waals surface area (Å²) in [5.41, 5.74) is 0. The number of aliphatic carboxylic acids is 1. The quantitative estimate of drug-likeness (QED) is 0.719. The second kappa shape index (κ2) is 3.69. The molecule has 0 heterocycles. The van der Waals surface area contributed by atoms with Gasteiger partial charge in [-0.15, -0.1) is 11.8 Å². The Kier molecular flexibility index (Phi) is 3.04. The SMILES string of the molecule is CC(C)(SCCC1CC1)C(=O)O. The Morgan fingerprint density at radius 2 is 2.17 bits per heavy atom. The van der Waals surface area contributed by atoms with Crippen LogP contribution >= 0.6 is 11.8 Å². The predicted octanol–water partition coefficient (Wildman–Crippen LogP) is 2.38. The number of hydrogen-bond donors (Lipinski definition) is 1. The Balaban J connectivity index is 2.14. The minimum absolute atomic E-state index is 0.602. The molecule has 12 heavy (non-hydrogen) atoms. The maximum atomic E-state index is 10.7. The summed E-state index contributed by atoms with van der Waals surface area (Å²) in [6.45, 7) is 3.54. The van der Waals surface area contributed by atoms with Crippen molar-refractivity contribution in [1.82, 2.24) is 0 Å². The third kappa shape index (κ3) is 3.05. The second-order valence-corrected chi connectivity index (χ2v) is 5.61. The van der Waals surface area contributed by atoms with E-state index in [2.05, 4.69) is 0 Å². The topological polar surface area (TPSA) is 37.3 Å². The van der Waals surface area contributed by atoms with Gasteiger partial charge < -0.3 is 5.11 Å². The van der Waals surface area contributed by atoms with Gasteiger partial charge in [-0.25, -0.2) is 0 Å². The Morgan fingerprint density at radius 3 is 2.58 bits per heavy atom. The van der Waals surface area contributed by atoms with Crippen molar-refractivity contribution in [3.63, 3.8) is 0 Å². The van der Waals surface area contributed by atoms with E-state index in [0.29, 0.717) is 0 Å². The molecule has 70 valence electrons. The van der Waals surface area contributed by atoms with Gasteiger partial charge in [0.05, 0.1) is 0 Å². The van der Waals surface area contributed by atoms with Crippen molar-refractivity contribution in [2.24, 2.45) is 5.92 Å². The summed E-state index contributed by atoms with van der Waals surface area (Å²) in [5, 5.41) is 8.80. The van der Waals surface area contributed by atoms with E-state index in [1.165, 1.54) is 19.3 Å². The lowest BCUT2D eigenvalue weighted by Gasteiger charge is -2.17. The van der Waals surface area contributed by atoms with Gasteiger partial charge in [-0.3, -0.25) is 4.79 Å². The number of rotatable bonds is 5. The van der Waals surface area contributed by atoms with Crippen LogP contribution in [-0.2, 0) is 4.79 Å². The van der Waals surface area contributed by atoms with Crippen molar-refractivity contribution in [1.29, 1.82) is 0 Å². The van der Waals surface area contributed by atoms with Crippen LogP contribution in [0.3, 0.4) is 0 Å². The molecule has 3 heteroatoms. The van der Waals surface area contributed by atoms with Gasteiger partial charge in [-0.1, -0.05) is 12.8 Å². The molecular formula is C9H16O2S. The molecule has 2 nitrogen and oxygen atoms in total. The molecule has 1 fully saturated rings. The molecule has 0 amide bonds. The van der Waals surface area contributed by atoms with Crippen molar-refractivity contribution in [3.8, 4) is 0 Å². The van der Waals surface area contributed by atoms with Crippen LogP contribution < -0.4 is 0 Å². The van der Waals surface area contributed by atoms with Crippen molar-refractivity contribution in [3.05, 3.63) is 0 Å². The van der Waals surface area contributed by atoms with Gasteiger partial charge in [-0.05, 0) is 31.9 Å². The largest absolute Gasteiger partial charge is 0.480 e. The highest BCUT2D eigenvalue weighted by Gasteiger charge is 2.28. The third-order valence-electron chi connectivity index (χ3n) is 2.20. The molecule has 0 aromatic carbocycles. The van der Waals surface area contributed by atoms with Crippen molar-refractivity contribution in [2.45, 2.75) is 37.9 Å². The lowest BCUT2D eigenvalue weighted by atomic mass is 10.2. The summed E-state index contributed by atoms with van der Waals surface area (Å²) in [7, 11) is 0. The molecule has 0 saturated heterocycles. The zero-order chi connectivity index (χ0) is 9.19. The molecule has 1 N–H and O–H groups in total. The van der Waals surface area contributed by atoms with Crippen LogP contribution in [-0.4, -0.2) is 21.6 Å². The summed E-state index contributed by atoms with van der Waals surface area (Å²) in [5.74, 6) is 1.19. The van der Waals surface area contributed by atoms with Gasteiger partial charge in [0.15, 0.2) is 0 Å². The lowest BCUT2D eigenvalue weighted by molar-refractivity contribution is -0.138. The van der Waals surface area contributed by atoms with E-state index in [1.807, 2.05) is 0 Å². The van der Waals surface area contributed by atoms with Crippen LogP contribution in [0, 0.1) is 5.92 Å². The Hall–Kier alpha value is -0.180. The molecule has 0 bridgehead atoms. The minimum Gasteiger partial charge on any atom is -0.480 e. The lowest BCUT2D eigenvalue weighted by Crippen LogP contribution is -2.27. The molecule has 0 atom stereocenters. The zero-order valence-electron chi connectivity index (χ0n) is 7.67. The predicted molar refractivity (Wildman–Crippen MR) is 51.5 cm³/mol. The average molecular weight is 188 g/mol. The van der Waals surface area contributed by atoms with E-state index in [0.717, 1.165) is 11.7 Å². The van der Waals surface area contributed by atoms with Crippen LogP contribution in [0.4, 0.5) is 0 Å². The first-order valence-corrected chi connectivity index (χ1v) is 5.38. The van der Waals surface area contributed by atoms with Crippen LogP contribution in [0.1, 0.15) is 33.1 Å².